The molecule has 170 valence electrons. The number of hydrogen-bond donors (Lipinski definition) is 0. The Morgan fingerprint density at radius 3 is 2.27 bits per heavy atom. The van der Waals surface area contributed by atoms with Gasteiger partial charge in [0, 0.05) is 16.1 Å². The van der Waals surface area contributed by atoms with E-state index in [1.54, 1.807) is 24.3 Å². The highest BCUT2D eigenvalue weighted by molar-refractivity contribution is 6.30. The van der Waals surface area contributed by atoms with E-state index in [-0.39, 0.29) is 11.5 Å². The van der Waals surface area contributed by atoms with Gasteiger partial charge in [0.15, 0.2) is 5.78 Å². The summed E-state index contributed by atoms with van der Waals surface area (Å²) < 4.78 is 5.12. The van der Waals surface area contributed by atoms with Crippen molar-refractivity contribution < 1.29 is 23.9 Å². The normalized spacial score (nSPS) is 21.7. The van der Waals surface area contributed by atoms with Crippen LogP contribution in [0.1, 0.15) is 34.1 Å². The lowest BCUT2D eigenvalue weighted by Crippen LogP contribution is -2.52. The molecule has 0 unspecified atom stereocenters. The van der Waals surface area contributed by atoms with Crippen LogP contribution in [0.3, 0.4) is 0 Å². The van der Waals surface area contributed by atoms with E-state index in [9.17, 15) is 19.2 Å². The van der Waals surface area contributed by atoms with Gasteiger partial charge in [-0.1, -0.05) is 30.7 Å². The summed E-state index contributed by atoms with van der Waals surface area (Å²) in [5.74, 6) is -2.65. The van der Waals surface area contributed by atoms with E-state index in [0.29, 0.717) is 22.8 Å². The second-order valence-electron chi connectivity index (χ2n) is 8.16. The van der Waals surface area contributed by atoms with Crippen LogP contribution >= 0.6 is 11.6 Å². The Kier molecular flexibility index (Phi) is 6.33. The predicted octanol–water partition coefficient (Wildman–Crippen LogP) is 3.79. The standard InChI is InChI=1S/C25H23ClN2O5/c1-15-4-3-5-20-22(15)25(32)28(24(20)31)27(23(30)17-6-10-18(26)11-7-17)14-21(29)16-8-12-19(33-2)13-9-16/h3-4,6-13,15,20,22H,5,14H2,1-2H3/t15-,20-,22+/m1/s1. The highest BCUT2D eigenvalue weighted by Crippen LogP contribution is 2.39. The molecule has 1 saturated heterocycles. The first-order chi connectivity index (χ1) is 15.8. The average molecular weight is 467 g/mol. The molecule has 0 saturated carbocycles. The minimum Gasteiger partial charge on any atom is -0.497 e. The summed E-state index contributed by atoms with van der Waals surface area (Å²) in [7, 11) is 1.52. The van der Waals surface area contributed by atoms with E-state index in [1.807, 2.05) is 19.1 Å². The number of ether oxygens (including phenoxy) is 1. The summed E-state index contributed by atoms with van der Waals surface area (Å²) in [6.45, 7) is 1.41. The maximum Gasteiger partial charge on any atom is 0.273 e. The minimum atomic E-state index is -0.630. The van der Waals surface area contributed by atoms with Crippen LogP contribution in [-0.4, -0.2) is 47.2 Å². The first-order valence-corrected chi connectivity index (χ1v) is 11.0. The Labute approximate surface area is 196 Å². The van der Waals surface area contributed by atoms with Crippen molar-refractivity contribution in [3.63, 3.8) is 0 Å². The van der Waals surface area contributed by atoms with Crippen molar-refractivity contribution in [3.05, 3.63) is 76.8 Å². The first kappa shape index (κ1) is 22.7. The highest BCUT2D eigenvalue weighted by Gasteiger charge is 2.53. The number of rotatable bonds is 6. The Hall–Kier alpha value is -3.45. The topological polar surface area (TPSA) is 84.0 Å². The molecule has 0 bridgehead atoms. The van der Waals surface area contributed by atoms with Crippen LogP contribution in [-0.2, 0) is 9.59 Å². The lowest BCUT2D eigenvalue weighted by Gasteiger charge is -2.30. The van der Waals surface area contributed by atoms with E-state index < -0.39 is 41.9 Å². The van der Waals surface area contributed by atoms with Gasteiger partial charge in [-0.3, -0.25) is 19.2 Å². The summed E-state index contributed by atoms with van der Waals surface area (Å²) in [6, 6.07) is 12.5. The molecule has 7 nitrogen and oxygen atoms in total. The lowest BCUT2D eigenvalue weighted by atomic mass is 9.78. The van der Waals surface area contributed by atoms with Gasteiger partial charge >= 0.3 is 0 Å². The van der Waals surface area contributed by atoms with Gasteiger partial charge in [-0.15, -0.1) is 0 Å². The monoisotopic (exact) mass is 466 g/mol. The summed E-state index contributed by atoms with van der Waals surface area (Å²) >= 11 is 5.94. The fourth-order valence-electron chi connectivity index (χ4n) is 4.35. The Morgan fingerprint density at radius 1 is 1.03 bits per heavy atom. The molecule has 2 aromatic carbocycles. The maximum absolute atomic E-state index is 13.4. The molecule has 0 spiro atoms. The van der Waals surface area contributed by atoms with E-state index >= 15 is 0 Å². The maximum atomic E-state index is 13.4. The van der Waals surface area contributed by atoms with Gasteiger partial charge in [-0.25, -0.2) is 5.01 Å². The van der Waals surface area contributed by atoms with Crippen LogP contribution in [0.4, 0.5) is 0 Å². The summed E-state index contributed by atoms with van der Waals surface area (Å²) in [5, 5.41) is 2.27. The molecule has 1 aliphatic carbocycles. The molecule has 4 rings (SSSR count). The number of benzene rings is 2. The van der Waals surface area contributed by atoms with Crippen molar-refractivity contribution in [2.75, 3.05) is 13.7 Å². The molecule has 1 aliphatic heterocycles. The number of Topliss-reactive ketones (excluding diaryl/α,β-unsaturated/α-hetero) is 1. The van der Waals surface area contributed by atoms with E-state index in [2.05, 4.69) is 0 Å². The molecule has 8 heteroatoms. The Bertz CT molecular complexity index is 1130. The Balaban J connectivity index is 1.69. The molecule has 0 N–H and O–H groups in total. The summed E-state index contributed by atoms with van der Waals surface area (Å²) in [6.07, 6.45) is 4.21. The van der Waals surface area contributed by atoms with Gasteiger partial charge in [-0.2, -0.15) is 5.01 Å². The number of carbonyl (C=O) groups excluding carboxylic acids is 4. The Morgan fingerprint density at radius 2 is 1.67 bits per heavy atom. The van der Waals surface area contributed by atoms with Gasteiger partial charge in [-0.05, 0) is 60.9 Å². The van der Waals surface area contributed by atoms with Crippen LogP contribution in [0, 0.1) is 17.8 Å². The molecule has 0 radical (unpaired) electrons. The third kappa shape index (κ3) is 4.28. The predicted molar refractivity (Wildman–Crippen MR) is 122 cm³/mol. The van der Waals surface area contributed by atoms with Crippen molar-refractivity contribution in [3.8, 4) is 5.75 Å². The number of amides is 3. The van der Waals surface area contributed by atoms with Gasteiger partial charge in [0.2, 0.25) is 0 Å². The highest BCUT2D eigenvalue weighted by atomic mass is 35.5. The number of fused-ring (bicyclic) bond motifs is 1. The van der Waals surface area contributed by atoms with E-state index in [0.717, 1.165) is 10.0 Å². The third-order valence-electron chi connectivity index (χ3n) is 6.12. The summed E-state index contributed by atoms with van der Waals surface area (Å²) in [5.41, 5.74) is 0.542. The van der Waals surface area contributed by atoms with Crippen LogP contribution in [0.2, 0.25) is 5.02 Å². The SMILES string of the molecule is COc1ccc(C(=O)CN(C(=O)c2ccc(Cl)cc2)N2C(=O)[C@H]3[C@H](C)C=CC[C@H]3C2=O)cc1. The number of hydrogen-bond acceptors (Lipinski definition) is 5. The summed E-state index contributed by atoms with van der Waals surface area (Å²) in [4.78, 5) is 53.1. The third-order valence-corrected chi connectivity index (χ3v) is 6.37. The van der Waals surface area contributed by atoms with Crippen molar-refractivity contribution >= 4 is 35.1 Å². The van der Waals surface area contributed by atoms with Gasteiger partial charge in [0.1, 0.15) is 12.3 Å². The average Bonchev–Trinajstić information content (AvgIpc) is 3.08. The zero-order chi connectivity index (χ0) is 23.7. The van der Waals surface area contributed by atoms with Crippen molar-refractivity contribution in [2.45, 2.75) is 13.3 Å². The number of allylic oxidation sites excluding steroid dienone is 2. The van der Waals surface area contributed by atoms with Crippen molar-refractivity contribution in [2.24, 2.45) is 17.8 Å². The second kappa shape index (κ2) is 9.19. The second-order valence-corrected chi connectivity index (χ2v) is 8.60. The minimum absolute atomic E-state index is 0.144. The van der Waals surface area contributed by atoms with E-state index in [1.165, 1.54) is 31.4 Å². The van der Waals surface area contributed by atoms with Gasteiger partial charge < -0.3 is 4.74 Å². The number of methoxy groups -OCH3 is 1. The molecule has 1 fully saturated rings. The number of ketones is 1. The van der Waals surface area contributed by atoms with Crippen LogP contribution in [0.15, 0.2) is 60.7 Å². The quantitative estimate of drug-likeness (QED) is 0.367. The number of hydrazine groups is 1. The first-order valence-electron chi connectivity index (χ1n) is 10.6. The number of imide groups is 1. The van der Waals surface area contributed by atoms with Crippen LogP contribution in [0.25, 0.3) is 0 Å². The largest absolute Gasteiger partial charge is 0.497 e. The number of nitrogens with zero attached hydrogens (tertiary/aromatic N) is 2. The molecule has 2 aromatic rings. The van der Waals surface area contributed by atoms with E-state index in [4.69, 9.17) is 16.3 Å². The molecule has 33 heavy (non-hydrogen) atoms. The molecule has 2 aliphatic rings. The molecule has 1 heterocycles. The van der Waals surface area contributed by atoms with Crippen LogP contribution in [0.5, 0.6) is 5.75 Å². The number of halogens is 1. The van der Waals surface area contributed by atoms with Crippen molar-refractivity contribution in [1.29, 1.82) is 0 Å². The van der Waals surface area contributed by atoms with Crippen molar-refractivity contribution in [1.82, 2.24) is 10.0 Å². The molecule has 0 aromatic heterocycles. The fourth-order valence-corrected chi connectivity index (χ4v) is 4.47. The van der Waals surface area contributed by atoms with Crippen LogP contribution < -0.4 is 4.74 Å². The van der Waals surface area contributed by atoms with Gasteiger partial charge in [0.05, 0.1) is 18.9 Å². The zero-order valence-corrected chi connectivity index (χ0v) is 19.0. The molecule has 3 atom stereocenters. The fraction of sp³-hybridized carbons (Fsp3) is 0.280. The molecular weight excluding hydrogens is 444 g/mol. The van der Waals surface area contributed by atoms with Gasteiger partial charge in [0.25, 0.3) is 17.7 Å². The molecule has 3 amide bonds. The zero-order valence-electron chi connectivity index (χ0n) is 18.2. The lowest BCUT2D eigenvalue weighted by molar-refractivity contribution is -0.154. The number of carbonyl (C=O) groups is 4. The molecular formula is C25H23ClN2O5. The smallest absolute Gasteiger partial charge is 0.273 e.